The molecule has 8 nitrogen and oxygen atoms in total. The molecule has 2 heterocycles. The minimum Gasteiger partial charge on any atom is -0.406 e. The highest BCUT2D eigenvalue weighted by molar-refractivity contribution is 8.14. The molecule has 2 amide bonds. The predicted octanol–water partition coefficient (Wildman–Crippen LogP) is 8.54. The number of ether oxygens (including phenoxy) is 1. The van der Waals surface area contributed by atoms with Crippen molar-refractivity contribution in [2.24, 2.45) is 10.4 Å². The van der Waals surface area contributed by atoms with Gasteiger partial charge in [0.05, 0.1) is 5.69 Å². The molecule has 0 radical (unpaired) electrons. The summed E-state index contributed by atoms with van der Waals surface area (Å²) in [5.74, 6) is 1.46. The molecule has 4 aromatic rings. The van der Waals surface area contributed by atoms with Crippen LogP contribution in [0.1, 0.15) is 56.7 Å². The van der Waals surface area contributed by atoms with Crippen molar-refractivity contribution in [3.63, 3.8) is 0 Å². The second-order valence-corrected chi connectivity index (χ2v) is 13.7. The molecular formula is C35H39F3N6O2S. The molecule has 3 aromatic carbocycles. The number of nitrogens with one attached hydrogen (secondary N) is 1. The molecule has 47 heavy (non-hydrogen) atoms. The van der Waals surface area contributed by atoms with Crippen LogP contribution in [0.25, 0.3) is 17.1 Å². The Morgan fingerprint density at radius 2 is 1.79 bits per heavy atom. The van der Waals surface area contributed by atoms with Gasteiger partial charge in [0, 0.05) is 30.1 Å². The van der Waals surface area contributed by atoms with Crippen LogP contribution < -0.4 is 15.0 Å². The fourth-order valence-electron chi connectivity index (χ4n) is 5.68. The molecular weight excluding hydrogens is 625 g/mol. The molecule has 1 aromatic heterocycles. The average Bonchev–Trinajstić information content (AvgIpc) is 3.50. The molecule has 0 atom stereocenters. The molecule has 1 N–H and O–H groups in total. The van der Waals surface area contributed by atoms with E-state index in [9.17, 15) is 18.0 Å². The van der Waals surface area contributed by atoms with Gasteiger partial charge >= 0.3 is 12.4 Å². The van der Waals surface area contributed by atoms with Crippen molar-refractivity contribution in [1.29, 1.82) is 0 Å². The highest BCUT2D eigenvalue weighted by Gasteiger charge is 2.31. The van der Waals surface area contributed by atoms with E-state index in [2.05, 4.69) is 82.8 Å². The maximum atomic E-state index is 13.0. The number of thioether (sulfide) groups is 1. The van der Waals surface area contributed by atoms with E-state index in [4.69, 9.17) is 0 Å². The molecule has 1 saturated heterocycles. The third-order valence-electron chi connectivity index (χ3n) is 7.79. The predicted molar refractivity (Wildman–Crippen MR) is 181 cm³/mol. The van der Waals surface area contributed by atoms with Crippen LogP contribution in [0.5, 0.6) is 5.75 Å². The van der Waals surface area contributed by atoms with Gasteiger partial charge in [-0.3, -0.25) is 0 Å². The van der Waals surface area contributed by atoms with E-state index in [1.807, 2.05) is 24.3 Å². The van der Waals surface area contributed by atoms with E-state index >= 15 is 0 Å². The first-order valence-corrected chi connectivity index (χ1v) is 16.5. The van der Waals surface area contributed by atoms with Crippen LogP contribution in [0, 0.1) is 12.3 Å². The molecule has 0 bridgehead atoms. The highest BCUT2D eigenvalue weighted by atomic mass is 32.2. The number of amides is 2. The number of alkyl halides is 3. The number of urea groups is 1. The fourth-order valence-corrected chi connectivity index (χ4v) is 6.62. The first-order valence-electron chi connectivity index (χ1n) is 15.5. The van der Waals surface area contributed by atoms with Gasteiger partial charge in [0.1, 0.15) is 12.1 Å². The second-order valence-electron chi connectivity index (χ2n) is 12.7. The lowest BCUT2D eigenvalue weighted by molar-refractivity contribution is -0.274. The summed E-state index contributed by atoms with van der Waals surface area (Å²) in [5.41, 5.74) is 5.85. The van der Waals surface area contributed by atoms with E-state index < -0.39 is 6.36 Å². The number of aryl methyl sites for hydroxylation is 1. The Bertz CT molecular complexity index is 1720. The highest BCUT2D eigenvalue weighted by Crippen LogP contribution is 2.34. The molecule has 12 heteroatoms. The number of carbonyl (C=O) groups is 1. The Labute approximate surface area is 277 Å². The summed E-state index contributed by atoms with van der Waals surface area (Å²) in [6.07, 6.45) is -1.49. The zero-order valence-corrected chi connectivity index (χ0v) is 28.0. The minimum atomic E-state index is -4.75. The number of nitrogens with zero attached hydrogens (tertiary/aromatic N) is 5. The van der Waals surface area contributed by atoms with Crippen LogP contribution in [-0.4, -0.2) is 51.2 Å². The first-order chi connectivity index (χ1) is 22.3. The standard InChI is InChI=1S/C35H39F3N6O2S/c1-23(2)30-24(3)8-6-9-29(30)43-18-7-19-47-33(43)41-32(45)39-21-34(4,5)20-25-10-12-26(13-11-25)31-40-22-44(42-31)27-14-16-28(17-15-27)46-35(36,37)38/h6,8-17,22-23H,7,18-21H2,1-5H3,(H,39,45)/b41-33-. The number of anilines is 1. The van der Waals surface area contributed by atoms with Crippen LogP contribution in [0.2, 0.25) is 0 Å². The molecule has 0 spiro atoms. The van der Waals surface area contributed by atoms with E-state index in [1.54, 1.807) is 11.8 Å². The van der Waals surface area contributed by atoms with Crippen LogP contribution >= 0.6 is 11.8 Å². The number of amidine groups is 1. The monoisotopic (exact) mass is 664 g/mol. The summed E-state index contributed by atoms with van der Waals surface area (Å²) < 4.78 is 42.8. The molecule has 0 saturated carbocycles. The van der Waals surface area contributed by atoms with Crippen molar-refractivity contribution in [3.8, 4) is 22.8 Å². The summed E-state index contributed by atoms with van der Waals surface area (Å²) in [6, 6.07) is 19.3. The topological polar surface area (TPSA) is 84.6 Å². The smallest absolute Gasteiger partial charge is 0.406 e. The van der Waals surface area contributed by atoms with Gasteiger partial charge in [0.25, 0.3) is 0 Å². The lowest BCUT2D eigenvalue weighted by Crippen LogP contribution is -2.38. The summed E-state index contributed by atoms with van der Waals surface area (Å²) in [7, 11) is 0. The van der Waals surface area contributed by atoms with Crippen molar-refractivity contribution in [3.05, 3.63) is 89.7 Å². The summed E-state index contributed by atoms with van der Waals surface area (Å²) >= 11 is 1.62. The first kappa shape index (κ1) is 34.0. The van der Waals surface area contributed by atoms with E-state index in [1.165, 1.54) is 46.4 Å². The lowest BCUT2D eigenvalue weighted by Gasteiger charge is -2.32. The third-order valence-corrected chi connectivity index (χ3v) is 8.86. The van der Waals surface area contributed by atoms with Crippen LogP contribution in [-0.2, 0) is 6.42 Å². The lowest BCUT2D eigenvalue weighted by atomic mass is 9.85. The molecule has 5 rings (SSSR count). The second kappa shape index (κ2) is 14.2. The maximum absolute atomic E-state index is 13.0. The van der Waals surface area contributed by atoms with E-state index in [-0.39, 0.29) is 17.2 Å². The summed E-state index contributed by atoms with van der Waals surface area (Å²) in [6.45, 7) is 12.0. The van der Waals surface area contributed by atoms with Gasteiger partial charge in [-0.15, -0.1) is 18.3 Å². The average molecular weight is 665 g/mol. The van der Waals surface area contributed by atoms with Crippen LogP contribution in [0.3, 0.4) is 0 Å². The Morgan fingerprint density at radius 1 is 1.06 bits per heavy atom. The molecule has 248 valence electrons. The molecule has 1 aliphatic rings. The van der Waals surface area contributed by atoms with Crippen molar-refractivity contribution in [2.75, 3.05) is 23.7 Å². The van der Waals surface area contributed by atoms with Gasteiger partial charge in [-0.1, -0.05) is 75.9 Å². The van der Waals surface area contributed by atoms with Crippen molar-refractivity contribution >= 4 is 28.6 Å². The number of carbonyl (C=O) groups excluding carboxylic acids is 1. The zero-order chi connectivity index (χ0) is 33.8. The molecule has 1 aliphatic heterocycles. The number of halogens is 3. The maximum Gasteiger partial charge on any atom is 0.573 e. The zero-order valence-electron chi connectivity index (χ0n) is 27.1. The minimum absolute atomic E-state index is 0.236. The molecule has 0 aliphatic carbocycles. The fraction of sp³-hybridized carbons (Fsp3) is 0.371. The van der Waals surface area contributed by atoms with E-state index in [0.29, 0.717) is 24.0 Å². The number of hydrogen-bond acceptors (Lipinski definition) is 5. The van der Waals surface area contributed by atoms with Crippen molar-refractivity contribution in [1.82, 2.24) is 20.1 Å². The Morgan fingerprint density at radius 3 is 2.47 bits per heavy atom. The summed E-state index contributed by atoms with van der Waals surface area (Å²) in [4.78, 5) is 24.1. The van der Waals surface area contributed by atoms with Gasteiger partial charge < -0.3 is 15.0 Å². The number of benzene rings is 3. The Balaban J connectivity index is 1.19. The number of aromatic nitrogens is 3. The Hall–Kier alpha value is -4.32. The van der Waals surface area contributed by atoms with Gasteiger partial charge in [-0.05, 0) is 78.1 Å². The van der Waals surface area contributed by atoms with Gasteiger partial charge in [-0.2, -0.15) is 4.99 Å². The third kappa shape index (κ3) is 8.94. The van der Waals surface area contributed by atoms with Crippen molar-refractivity contribution in [2.45, 2.75) is 59.7 Å². The van der Waals surface area contributed by atoms with Gasteiger partial charge in [0.2, 0.25) is 0 Å². The SMILES string of the molecule is Cc1cccc(N2CCCS/C2=N\C(=O)NCC(C)(C)Cc2ccc(-c3ncn(-c4ccc(OC(F)(F)F)cc4)n3)cc2)c1C(C)C. The normalized spacial score (nSPS) is 14.9. The number of hydrogen-bond donors (Lipinski definition) is 1. The Kier molecular flexibility index (Phi) is 10.3. The molecule has 1 fully saturated rings. The number of rotatable bonds is 9. The molecule has 0 unspecified atom stereocenters. The van der Waals surface area contributed by atoms with Crippen LogP contribution in [0.15, 0.2) is 78.0 Å². The number of aliphatic imine (C=N–C) groups is 1. The van der Waals surface area contributed by atoms with Crippen LogP contribution in [0.4, 0.5) is 23.7 Å². The summed E-state index contributed by atoms with van der Waals surface area (Å²) in [5, 5.41) is 8.24. The van der Waals surface area contributed by atoms with Gasteiger partial charge in [-0.25, -0.2) is 14.5 Å². The van der Waals surface area contributed by atoms with E-state index in [0.717, 1.165) is 47.1 Å². The largest absolute Gasteiger partial charge is 0.573 e. The quantitative estimate of drug-likeness (QED) is 0.193. The van der Waals surface area contributed by atoms with Crippen molar-refractivity contribution < 1.29 is 22.7 Å². The van der Waals surface area contributed by atoms with Gasteiger partial charge in [0.15, 0.2) is 11.0 Å².